The van der Waals surface area contributed by atoms with Gasteiger partial charge >= 0.3 is 0 Å². The van der Waals surface area contributed by atoms with Crippen molar-refractivity contribution in [3.63, 3.8) is 0 Å². The van der Waals surface area contributed by atoms with Gasteiger partial charge < -0.3 is 20.5 Å². The van der Waals surface area contributed by atoms with Crippen LogP contribution in [-0.4, -0.2) is 24.1 Å². The number of nitrogens with one attached hydrogen (secondary N) is 1. The predicted molar refractivity (Wildman–Crippen MR) is 82.0 cm³/mol. The number of fused-ring (bicyclic) bond motifs is 1. The van der Waals surface area contributed by atoms with Gasteiger partial charge in [0.1, 0.15) is 19.0 Å². The van der Waals surface area contributed by atoms with Gasteiger partial charge in [0.15, 0.2) is 11.5 Å². The number of aryl methyl sites for hydroxylation is 1. The van der Waals surface area contributed by atoms with Crippen LogP contribution >= 0.6 is 0 Å². The van der Waals surface area contributed by atoms with E-state index in [-0.39, 0.29) is 11.7 Å². The van der Waals surface area contributed by atoms with Crippen molar-refractivity contribution in [3.05, 3.63) is 47.2 Å². The molecule has 3 N–H and O–H groups in total. The van der Waals surface area contributed by atoms with Crippen LogP contribution < -0.4 is 20.5 Å². The summed E-state index contributed by atoms with van der Waals surface area (Å²) in [5.74, 6) is 1.42. The fourth-order valence-corrected chi connectivity index (χ4v) is 2.24. The number of nitrogens with zero attached hydrogens (tertiary/aromatic N) is 1. The summed E-state index contributed by atoms with van der Waals surface area (Å²) in [6.07, 6.45) is 0. The molecule has 2 aromatic rings. The van der Waals surface area contributed by atoms with E-state index in [1.807, 2.05) is 25.1 Å². The maximum atomic E-state index is 12.2. The molecule has 0 fully saturated rings. The third-order valence-electron chi connectivity index (χ3n) is 3.37. The molecule has 1 aliphatic heterocycles. The Morgan fingerprint density at radius 1 is 1.23 bits per heavy atom. The van der Waals surface area contributed by atoms with Crippen LogP contribution in [0.4, 0.5) is 5.82 Å². The van der Waals surface area contributed by atoms with Gasteiger partial charge in [0, 0.05) is 12.2 Å². The molecular weight excluding hydrogens is 282 g/mol. The van der Waals surface area contributed by atoms with E-state index in [9.17, 15) is 4.79 Å². The highest BCUT2D eigenvalue weighted by atomic mass is 16.6. The van der Waals surface area contributed by atoms with E-state index >= 15 is 0 Å². The number of nitrogen functional groups attached to an aromatic ring is 1. The Bertz CT molecular complexity index is 716. The minimum atomic E-state index is -0.250. The largest absolute Gasteiger partial charge is 0.486 e. The molecule has 114 valence electrons. The average Bonchev–Trinajstić information content (AvgIpc) is 2.52. The minimum absolute atomic E-state index is 0.236. The number of aromatic nitrogens is 1. The number of carbonyl (C=O) groups is 1. The molecule has 6 heteroatoms. The topological polar surface area (TPSA) is 86.5 Å². The standard InChI is InChI=1S/C16H17N3O3/c1-10-2-4-12(15(17)19-10)16(20)18-9-11-3-5-13-14(8-11)22-7-6-21-13/h2-5,8H,6-7,9H2,1H3,(H2,17,19)(H,18,20). The molecule has 1 aliphatic rings. The lowest BCUT2D eigenvalue weighted by atomic mass is 10.1. The third kappa shape index (κ3) is 2.95. The first-order valence-electron chi connectivity index (χ1n) is 7.03. The Kier molecular flexibility index (Phi) is 3.82. The number of ether oxygens (including phenoxy) is 2. The van der Waals surface area contributed by atoms with Crippen molar-refractivity contribution in [2.75, 3.05) is 18.9 Å². The summed E-state index contributed by atoms with van der Waals surface area (Å²) in [6, 6.07) is 9.04. The second-order valence-electron chi connectivity index (χ2n) is 5.05. The van der Waals surface area contributed by atoms with Crippen LogP contribution in [0.15, 0.2) is 30.3 Å². The van der Waals surface area contributed by atoms with Crippen molar-refractivity contribution in [3.8, 4) is 11.5 Å². The van der Waals surface area contributed by atoms with E-state index in [0.717, 1.165) is 17.0 Å². The number of hydrogen-bond donors (Lipinski definition) is 2. The molecule has 3 rings (SSSR count). The zero-order chi connectivity index (χ0) is 15.5. The van der Waals surface area contributed by atoms with Gasteiger partial charge in [-0.2, -0.15) is 0 Å². The number of rotatable bonds is 3. The summed E-state index contributed by atoms with van der Waals surface area (Å²) in [7, 11) is 0. The van der Waals surface area contributed by atoms with Crippen molar-refractivity contribution >= 4 is 11.7 Å². The van der Waals surface area contributed by atoms with Crippen LogP contribution in [0.5, 0.6) is 11.5 Å². The van der Waals surface area contributed by atoms with E-state index in [1.54, 1.807) is 12.1 Å². The first kappa shape index (κ1) is 14.2. The lowest BCUT2D eigenvalue weighted by molar-refractivity contribution is 0.0951. The van der Waals surface area contributed by atoms with E-state index in [2.05, 4.69) is 10.3 Å². The Balaban J connectivity index is 1.68. The van der Waals surface area contributed by atoms with Gasteiger partial charge in [-0.25, -0.2) is 4.98 Å². The SMILES string of the molecule is Cc1ccc(C(=O)NCc2ccc3c(c2)OCCO3)c(N)n1. The van der Waals surface area contributed by atoms with Crippen molar-refractivity contribution in [1.82, 2.24) is 10.3 Å². The van der Waals surface area contributed by atoms with E-state index in [0.29, 0.717) is 31.1 Å². The van der Waals surface area contributed by atoms with Crippen molar-refractivity contribution in [2.45, 2.75) is 13.5 Å². The van der Waals surface area contributed by atoms with Crippen LogP contribution in [0.1, 0.15) is 21.6 Å². The number of nitrogens with two attached hydrogens (primary N) is 1. The summed E-state index contributed by atoms with van der Waals surface area (Å²) in [5, 5.41) is 2.83. The van der Waals surface area contributed by atoms with E-state index in [4.69, 9.17) is 15.2 Å². The molecule has 1 amide bonds. The summed E-state index contributed by atoms with van der Waals surface area (Å²) in [4.78, 5) is 16.2. The van der Waals surface area contributed by atoms with E-state index < -0.39 is 0 Å². The highest BCUT2D eigenvalue weighted by Crippen LogP contribution is 2.30. The molecule has 0 aliphatic carbocycles. The number of pyridine rings is 1. The molecule has 0 atom stereocenters. The van der Waals surface area contributed by atoms with Gasteiger partial charge in [0.2, 0.25) is 0 Å². The van der Waals surface area contributed by atoms with Crippen molar-refractivity contribution in [1.29, 1.82) is 0 Å². The second-order valence-corrected chi connectivity index (χ2v) is 5.05. The number of amides is 1. The monoisotopic (exact) mass is 299 g/mol. The Morgan fingerprint density at radius 2 is 2.00 bits per heavy atom. The van der Waals surface area contributed by atoms with Crippen molar-refractivity contribution < 1.29 is 14.3 Å². The van der Waals surface area contributed by atoms with Gasteiger partial charge in [-0.15, -0.1) is 0 Å². The van der Waals surface area contributed by atoms with E-state index in [1.165, 1.54) is 0 Å². The summed E-state index contributed by atoms with van der Waals surface area (Å²) in [6.45, 7) is 3.30. The first-order valence-corrected chi connectivity index (χ1v) is 7.03. The molecule has 0 bridgehead atoms. The third-order valence-corrected chi connectivity index (χ3v) is 3.37. The Hall–Kier alpha value is -2.76. The summed E-state index contributed by atoms with van der Waals surface area (Å²) in [5.41, 5.74) is 7.86. The van der Waals surface area contributed by atoms with Crippen LogP contribution in [0.2, 0.25) is 0 Å². The maximum Gasteiger partial charge on any atom is 0.255 e. The molecule has 1 aromatic heterocycles. The second kappa shape index (κ2) is 5.93. The van der Waals surface area contributed by atoms with Gasteiger partial charge in [-0.05, 0) is 36.8 Å². The summed E-state index contributed by atoms with van der Waals surface area (Å²) >= 11 is 0. The number of carbonyl (C=O) groups excluding carboxylic acids is 1. The lowest BCUT2D eigenvalue weighted by Crippen LogP contribution is -2.24. The number of hydrogen-bond acceptors (Lipinski definition) is 5. The minimum Gasteiger partial charge on any atom is -0.486 e. The average molecular weight is 299 g/mol. The molecule has 0 spiro atoms. The van der Waals surface area contributed by atoms with Crippen LogP contribution in [0, 0.1) is 6.92 Å². The normalized spacial score (nSPS) is 12.8. The van der Waals surface area contributed by atoms with Gasteiger partial charge in [-0.1, -0.05) is 6.07 Å². The highest BCUT2D eigenvalue weighted by molar-refractivity contribution is 5.98. The first-order chi connectivity index (χ1) is 10.6. The van der Waals surface area contributed by atoms with Crippen molar-refractivity contribution in [2.24, 2.45) is 0 Å². The van der Waals surface area contributed by atoms with Gasteiger partial charge in [-0.3, -0.25) is 4.79 Å². The summed E-state index contributed by atoms with van der Waals surface area (Å²) < 4.78 is 11.0. The molecule has 2 heterocycles. The molecule has 0 radical (unpaired) electrons. The highest BCUT2D eigenvalue weighted by Gasteiger charge is 2.13. The molecule has 22 heavy (non-hydrogen) atoms. The molecule has 0 saturated heterocycles. The number of benzene rings is 1. The van der Waals surface area contributed by atoms with Gasteiger partial charge in [0.05, 0.1) is 5.56 Å². The van der Waals surface area contributed by atoms with Crippen LogP contribution in [0.3, 0.4) is 0 Å². The molecular formula is C16H17N3O3. The quantitative estimate of drug-likeness (QED) is 0.900. The van der Waals surface area contributed by atoms with Crippen LogP contribution in [0.25, 0.3) is 0 Å². The van der Waals surface area contributed by atoms with Gasteiger partial charge in [0.25, 0.3) is 5.91 Å². The maximum absolute atomic E-state index is 12.2. The zero-order valence-corrected chi connectivity index (χ0v) is 12.3. The molecule has 6 nitrogen and oxygen atoms in total. The molecule has 0 unspecified atom stereocenters. The lowest BCUT2D eigenvalue weighted by Gasteiger charge is -2.19. The zero-order valence-electron chi connectivity index (χ0n) is 12.3. The number of anilines is 1. The van der Waals surface area contributed by atoms with Crippen LogP contribution in [-0.2, 0) is 6.54 Å². The molecule has 1 aromatic carbocycles. The smallest absolute Gasteiger partial charge is 0.255 e. The predicted octanol–water partition coefficient (Wildman–Crippen LogP) is 1.67. The Morgan fingerprint density at radius 3 is 2.77 bits per heavy atom. The fourth-order valence-electron chi connectivity index (χ4n) is 2.24. The fraction of sp³-hybridized carbons (Fsp3) is 0.250. The Labute approximate surface area is 128 Å². The molecule has 0 saturated carbocycles.